The van der Waals surface area contributed by atoms with E-state index in [1.807, 2.05) is 0 Å². The van der Waals surface area contributed by atoms with Gasteiger partial charge < -0.3 is 18.6 Å². The number of nitrogens with zero attached hydrogens (tertiary/aromatic N) is 2. The van der Waals surface area contributed by atoms with Crippen molar-refractivity contribution < 1.29 is 8.83 Å². The topological polar surface area (TPSA) is 32.8 Å². The van der Waals surface area contributed by atoms with Gasteiger partial charge in [0.2, 0.25) is 0 Å². The van der Waals surface area contributed by atoms with Crippen molar-refractivity contribution in [3.05, 3.63) is 241 Å². The number of anilines is 6. The molecular formula is C64H48N2O2. The summed E-state index contributed by atoms with van der Waals surface area (Å²) in [7, 11) is 0. The molecule has 10 aromatic carbocycles. The summed E-state index contributed by atoms with van der Waals surface area (Å²) in [5.41, 5.74) is 22.0. The second-order valence-corrected chi connectivity index (χ2v) is 18.0. The molecule has 4 heteroatoms. The second kappa shape index (κ2) is 16.7. The molecule has 2 heterocycles. The molecule has 0 saturated heterocycles. The van der Waals surface area contributed by atoms with E-state index in [0.717, 1.165) is 78.0 Å². The molecule has 0 amide bonds. The molecule has 0 fully saturated rings. The van der Waals surface area contributed by atoms with Crippen LogP contribution in [0.25, 0.3) is 77.3 Å². The SMILES string of the molecule is Cc1ccccc1N(c1ccc2oc3ccc(-c4ccccc4)cc3c2c1)c1ccc(-c2ccc(N(c3ccc4oc5ccc(-c6ccccc6)cc5c4c3)c3ccccc3C)c(C)c2)cc1C. The summed E-state index contributed by atoms with van der Waals surface area (Å²) in [6.45, 7) is 8.82. The van der Waals surface area contributed by atoms with E-state index in [2.05, 4.69) is 256 Å². The third-order valence-electron chi connectivity index (χ3n) is 13.6. The van der Waals surface area contributed by atoms with Gasteiger partial charge in [0.25, 0.3) is 0 Å². The molecule has 0 saturated carbocycles. The van der Waals surface area contributed by atoms with E-state index in [1.165, 1.54) is 55.6 Å². The van der Waals surface area contributed by atoms with Crippen molar-refractivity contribution in [2.75, 3.05) is 9.80 Å². The monoisotopic (exact) mass is 876 g/mol. The lowest BCUT2D eigenvalue weighted by atomic mass is 9.98. The molecular weight excluding hydrogens is 829 g/mol. The van der Waals surface area contributed by atoms with Gasteiger partial charge in [0.1, 0.15) is 22.3 Å². The van der Waals surface area contributed by atoms with E-state index in [1.54, 1.807) is 0 Å². The maximum Gasteiger partial charge on any atom is 0.135 e. The highest BCUT2D eigenvalue weighted by atomic mass is 16.3. The summed E-state index contributed by atoms with van der Waals surface area (Å²) in [5, 5.41) is 4.39. The van der Waals surface area contributed by atoms with Crippen LogP contribution in [0.4, 0.5) is 34.1 Å². The quantitative estimate of drug-likeness (QED) is 0.145. The van der Waals surface area contributed by atoms with Gasteiger partial charge >= 0.3 is 0 Å². The zero-order chi connectivity index (χ0) is 45.9. The number of aryl methyl sites for hydroxylation is 4. The van der Waals surface area contributed by atoms with E-state index < -0.39 is 0 Å². The lowest BCUT2D eigenvalue weighted by Gasteiger charge is -2.29. The maximum absolute atomic E-state index is 6.41. The summed E-state index contributed by atoms with van der Waals surface area (Å²) in [6, 6.07) is 78.2. The van der Waals surface area contributed by atoms with Gasteiger partial charge in [0.15, 0.2) is 0 Å². The fourth-order valence-corrected chi connectivity index (χ4v) is 10.0. The van der Waals surface area contributed by atoms with Gasteiger partial charge in [-0.15, -0.1) is 0 Å². The highest BCUT2D eigenvalue weighted by Crippen LogP contribution is 2.45. The number of para-hydroxylation sites is 2. The fourth-order valence-electron chi connectivity index (χ4n) is 10.0. The Hall–Kier alpha value is -8.60. The number of hydrogen-bond donors (Lipinski definition) is 0. The Morgan fingerprint density at radius 3 is 0.971 bits per heavy atom. The fraction of sp³-hybridized carbons (Fsp3) is 0.0625. The normalized spacial score (nSPS) is 11.5. The predicted octanol–water partition coefficient (Wildman–Crippen LogP) is 18.7. The minimum atomic E-state index is 0.874. The highest BCUT2D eigenvalue weighted by molar-refractivity contribution is 6.09. The van der Waals surface area contributed by atoms with Gasteiger partial charge in [-0.05, 0) is 180 Å². The molecule has 0 spiro atoms. The summed E-state index contributed by atoms with van der Waals surface area (Å²) >= 11 is 0. The molecule has 0 aliphatic carbocycles. The van der Waals surface area contributed by atoms with Gasteiger partial charge in [-0.1, -0.05) is 121 Å². The van der Waals surface area contributed by atoms with E-state index in [4.69, 9.17) is 8.83 Å². The number of fused-ring (bicyclic) bond motifs is 6. The standard InChI is InChI=1S/C64H48N2O2/c1-41-15-11-13-21-57(41)65(51-27-33-63-55(39-51)53-37-49(25-31-61(53)67-63)45-17-7-5-8-18-45)59-29-23-47(35-43(59)3)48-24-30-60(44(4)36-48)66(58-22-14-12-16-42(58)2)52-28-34-64-56(40-52)54-38-50(26-32-62(54)68-64)46-19-9-6-10-20-46/h5-40H,1-4H3. The van der Waals surface area contributed by atoms with Gasteiger partial charge in [0.05, 0.1) is 0 Å². The molecule has 4 nitrogen and oxygen atoms in total. The van der Waals surface area contributed by atoms with Crippen LogP contribution in [-0.2, 0) is 0 Å². The molecule has 0 atom stereocenters. The molecule has 68 heavy (non-hydrogen) atoms. The highest BCUT2D eigenvalue weighted by Gasteiger charge is 2.22. The summed E-state index contributed by atoms with van der Waals surface area (Å²) < 4.78 is 12.8. The second-order valence-electron chi connectivity index (χ2n) is 18.0. The Bertz CT molecular complexity index is 3610. The Morgan fingerprint density at radius 1 is 0.250 bits per heavy atom. The van der Waals surface area contributed by atoms with Crippen LogP contribution in [0, 0.1) is 27.7 Å². The third-order valence-corrected chi connectivity index (χ3v) is 13.6. The zero-order valence-corrected chi connectivity index (χ0v) is 38.5. The summed E-state index contributed by atoms with van der Waals surface area (Å²) in [4.78, 5) is 4.79. The van der Waals surface area contributed by atoms with Crippen molar-refractivity contribution >= 4 is 78.0 Å². The number of hydrogen-bond acceptors (Lipinski definition) is 4. The number of furan rings is 2. The van der Waals surface area contributed by atoms with E-state index >= 15 is 0 Å². The smallest absolute Gasteiger partial charge is 0.135 e. The zero-order valence-electron chi connectivity index (χ0n) is 38.5. The molecule has 12 rings (SSSR count). The van der Waals surface area contributed by atoms with E-state index in [0.29, 0.717) is 0 Å². The molecule has 0 N–H and O–H groups in total. The van der Waals surface area contributed by atoms with Crippen LogP contribution < -0.4 is 9.80 Å². The van der Waals surface area contributed by atoms with Crippen LogP contribution in [0.15, 0.2) is 227 Å². The first-order chi connectivity index (χ1) is 33.3. The maximum atomic E-state index is 6.41. The minimum Gasteiger partial charge on any atom is -0.456 e. The van der Waals surface area contributed by atoms with Crippen molar-refractivity contribution in [2.45, 2.75) is 27.7 Å². The molecule has 0 unspecified atom stereocenters. The van der Waals surface area contributed by atoms with Crippen LogP contribution in [0.1, 0.15) is 22.3 Å². The van der Waals surface area contributed by atoms with Crippen molar-refractivity contribution in [3.8, 4) is 33.4 Å². The van der Waals surface area contributed by atoms with Gasteiger partial charge in [-0.25, -0.2) is 0 Å². The summed E-state index contributed by atoms with van der Waals surface area (Å²) in [5.74, 6) is 0. The van der Waals surface area contributed by atoms with Crippen LogP contribution in [0.3, 0.4) is 0 Å². The van der Waals surface area contributed by atoms with Crippen molar-refractivity contribution in [1.29, 1.82) is 0 Å². The molecule has 0 aliphatic rings. The first-order valence-corrected chi connectivity index (χ1v) is 23.3. The molecule has 12 aromatic rings. The average Bonchev–Trinajstić information content (AvgIpc) is 3.93. The Labute approximate surface area is 396 Å². The third kappa shape index (κ3) is 7.19. The molecule has 326 valence electrons. The largest absolute Gasteiger partial charge is 0.456 e. The Kier molecular flexibility index (Phi) is 10.0. The molecule has 0 radical (unpaired) electrons. The number of benzene rings is 10. The predicted molar refractivity (Wildman–Crippen MR) is 286 cm³/mol. The van der Waals surface area contributed by atoms with Crippen LogP contribution >= 0.6 is 0 Å². The van der Waals surface area contributed by atoms with Crippen LogP contribution in [-0.4, -0.2) is 0 Å². The van der Waals surface area contributed by atoms with E-state index in [9.17, 15) is 0 Å². The Morgan fingerprint density at radius 2 is 0.574 bits per heavy atom. The van der Waals surface area contributed by atoms with Crippen molar-refractivity contribution in [1.82, 2.24) is 0 Å². The first kappa shape index (κ1) is 40.9. The van der Waals surface area contributed by atoms with Crippen LogP contribution in [0.2, 0.25) is 0 Å². The minimum absolute atomic E-state index is 0.874. The van der Waals surface area contributed by atoms with Gasteiger partial charge in [-0.2, -0.15) is 0 Å². The molecule has 2 aromatic heterocycles. The van der Waals surface area contributed by atoms with Gasteiger partial charge in [-0.3, -0.25) is 0 Å². The first-order valence-electron chi connectivity index (χ1n) is 23.3. The molecule has 0 aliphatic heterocycles. The lowest BCUT2D eigenvalue weighted by molar-refractivity contribution is 0.668. The van der Waals surface area contributed by atoms with Gasteiger partial charge in [0, 0.05) is 55.7 Å². The van der Waals surface area contributed by atoms with Crippen LogP contribution in [0.5, 0.6) is 0 Å². The Balaban J connectivity index is 0.925. The number of rotatable bonds is 9. The van der Waals surface area contributed by atoms with E-state index in [-0.39, 0.29) is 0 Å². The summed E-state index contributed by atoms with van der Waals surface area (Å²) in [6.07, 6.45) is 0. The van der Waals surface area contributed by atoms with Crippen molar-refractivity contribution in [3.63, 3.8) is 0 Å². The lowest BCUT2D eigenvalue weighted by Crippen LogP contribution is -2.13. The average molecular weight is 877 g/mol. The molecule has 0 bridgehead atoms. The van der Waals surface area contributed by atoms with Crippen molar-refractivity contribution in [2.24, 2.45) is 0 Å².